The molecule has 0 fully saturated rings. The number of aliphatic hydroxyl groups is 1. The molecule has 0 aliphatic carbocycles. The third-order valence-electron chi connectivity index (χ3n) is 4.64. The van der Waals surface area contributed by atoms with Crippen LogP contribution in [-0.4, -0.2) is 36.8 Å². The van der Waals surface area contributed by atoms with Gasteiger partial charge in [0.15, 0.2) is 5.65 Å². The molecule has 0 saturated carbocycles. The Bertz CT molecular complexity index is 1170. The highest BCUT2D eigenvalue weighted by atomic mass is 35.5. The highest BCUT2D eigenvalue weighted by Gasteiger charge is 2.19. The van der Waals surface area contributed by atoms with Crippen LogP contribution in [0.4, 0.5) is 11.6 Å². The van der Waals surface area contributed by atoms with E-state index in [1.54, 1.807) is 30.8 Å². The van der Waals surface area contributed by atoms with Crippen molar-refractivity contribution in [3.63, 3.8) is 0 Å². The maximum atomic E-state index is 10.2. The van der Waals surface area contributed by atoms with Crippen LogP contribution in [-0.2, 0) is 0 Å². The Morgan fingerprint density at radius 3 is 2.83 bits per heavy atom. The van der Waals surface area contributed by atoms with Crippen molar-refractivity contribution in [3.05, 3.63) is 59.4 Å². The number of halogens is 1. The predicted molar refractivity (Wildman–Crippen MR) is 117 cm³/mol. The van der Waals surface area contributed by atoms with Crippen LogP contribution in [0.1, 0.15) is 32.4 Å². The molecular weight excluding hydrogens is 388 g/mol. The molecule has 0 saturated heterocycles. The molecule has 0 radical (unpaired) electrons. The molecule has 0 spiro atoms. The molecule has 0 aliphatic heterocycles. The molecule has 1 unspecified atom stereocenters. The van der Waals surface area contributed by atoms with Gasteiger partial charge in [-0.2, -0.15) is 9.61 Å². The van der Waals surface area contributed by atoms with E-state index in [2.05, 4.69) is 33.7 Å². The second-order valence-corrected chi connectivity index (χ2v) is 8.11. The summed E-state index contributed by atoms with van der Waals surface area (Å²) >= 11 is 6.36. The fourth-order valence-corrected chi connectivity index (χ4v) is 3.42. The van der Waals surface area contributed by atoms with Gasteiger partial charge in [-0.25, -0.2) is 9.97 Å². The van der Waals surface area contributed by atoms with E-state index in [1.807, 2.05) is 30.3 Å². The number of benzene rings is 1. The summed E-state index contributed by atoms with van der Waals surface area (Å²) in [7, 11) is 0. The molecule has 8 heteroatoms. The van der Waals surface area contributed by atoms with Crippen LogP contribution < -0.4 is 10.6 Å². The standard InChI is InChI=1S/C21H23ClN6O/c1-13(26-18-7-9-23-17-8-10-25-28(17)18)15-11-14-5-4-6-16(22)19(14)27-20(15)24-12-21(2,3)29/h4-11,13,26,29H,12H2,1-3H3,(H,24,27). The first-order chi connectivity index (χ1) is 13.8. The lowest BCUT2D eigenvalue weighted by Gasteiger charge is -2.23. The summed E-state index contributed by atoms with van der Waals surface area (Å²) in [5, 5.41) is 22.8. The SMILES string of the molecule is CC(Nc1ccnc2ccnn12)c1cc2cccc(Cl)c2nc1NCC(C)(C)O. The van der Waals surface area contributed by atoms with E-state index in [1.165, 1.54) is 0 Å². The first kappa shape index (κ1) is 19.4. The minimum absolute atomic E-state index is 0.0926. The van der Waals surface area contributed by atoms with Gasteiger partial charge in [-0.15, -0.1) is 0 Å². The van der Waals surface area contributed by atoms with Crippen molar-refractivity contribution in [1.82, 2.24) is 19.6 Å². The summed E-state index contributed by atoms with van der Waals surface area (Å²) in [6.07, 6.45) is 3.46. The van der Waals surface area contributed by atoms with E-state index < -0.39 is 5.60 Å². The zero-order chi connectivity index (χ0) is 20.6. The number of nitrogens with zero attached hydrogens (tertiary/aromatic N) is 4. The van der Waals surface area contributed by atoms with Gasteiger partial charge in [0.05, 0.1) is 28.4 Å². The summed E-state index contributed by atoms with van der Waals surface area (Å²) in [6.45, 7) is 5.91. The molecule has 1 atom stereocenters. The fourth-order valence-electron chi connectivity index (χ4n) is 3.19. The van der Waals surface area contributed by atoms with Gasteiger partial charge >= 0.3 is 0 Å². The Morgan fingerprint density at radius 2 is 2.03 bits per heavy atom. The normalized spacial score (nSPS) is 13.0. The van der Waals surface area contributed by atoms with Crippen molar-refractivity contribution in [2.75, 3.05) is 17.2 Å². The first-order valence-electron chi connectivity index (χ1n) is 9.42. The van der Waals surface area contributed by atoms with E-state index in [4.69, 9.17) is 16.6 Å². The summed E-state index contributed by atoms with van der Waals surface area (Å²) < 4.78 is 1.76. The average molecular weight is 411 g/mol. The smallest absolute Gasteiger partial charge is 0.157 e. The number of hydrogen-bond acceptors (Lipinski definition) is 6. The number of nitrogens with one attached hydrogen (secondary N) is 2. The van der Waals surface area contributed by atoms with Gasteiger partial charge in [-0.1, -0.05) is 23.7 Å². The number of pyridine rings is 1. The van der Waals surface area contributed by atoms with E-state index in [0.717, 1.165) is 27.9 Å². The summed E-state index contributed by atoms with van der Waals surface area (Å²) in [5.74, 6) is 1.51. The van der Waals surface area contributed by atoms with E-state index in [0.29, 0.717) is 17.4 Å². The zero-order valence-corrected chi connectivity index (χ0v) is 17.3. The average Bonchev–Trinajstić information content (AvgIpc) is 3.15. The molecule has 29 heavy (non-hydrogen) atoms. The van der Waals surface area contributed by atoms with Crippen molar-refractivity contribution in [3.8, 4) is 0 Å². The zero-order valence-electron chi connectivity index (χ0n) is 16.5. The highest BCUT2D eigenvalue weighted by Crippen LogP contribution is 2.31. The molecule has 7 nitrogen and oxygen atoms in total. The van der Waals surface area contributed by atoms with Gasteiger partial charge in [0.25, 0.3) is 0 Å². The van der Waals surface area contributed by atoms with Crippen LogP contribution in [0.2, 0.25) is 5.02 Å². The van der Waals surface area contributed by atoms with Gasteiger partial charge in [0, 0.05) is 29.8 Å². The number of aromatic nitrogens is 4. The second-order valence-electron chi connectivity index (χ2n) is 7.70. The number of anilines is 2. The lowest BCUT2D eigenvalue weighted by atomic mass is 10.0. The van der Waals surface area contributed by atoms with E-state index in [9.17, 15) is 5.11 Å². The Balaban J connectivity index is 1.74. The lowest BCUT2D eigenvalue weighted by Crippen LogP contribution is -2.30. The van der Waals surface area contributed by atoms with Crippen molar-refractivity contribution in [1.29, 1.82) is 0 Å². The number of hydrogen-bond donors (Lipinski definition) is 3. The van der Waals surface area contributed by atoms with Crippen LogP contribution in [0.25, 0.3) is 16.6 Å². The number of fused-ring (bicyclic) bond motifs is 2. The maximum absolute atomic E-state index is 10.2. The third-order valence-corrected chi connectivity index (χ3v) is 4.94. The summed E-state index contributed by atoms with van der Waals surface area (Å²) in [5.41, 5.74) is 1.58. The van der Waals surface area contributed by atoms with Gasteiger partial charge < -0.3 is 15.7 Å². The van der Waals surface area contributed by atoms with Crippen molar-refractivity contribution < 1.29 is 5.11 Å². The molecule has 0 aliphatic rings. The molecule has 0 amide bonds. The van der Waals surface area contributed by atoms with E-state index in [-0.39, 0.29) is 6.04 Å². The maximum Gasteiger partial charge on any atom is 0.157 e. The van der Waals surface area contributed by atoms with E-state index >= 15 is 0 Å². The van der Waals surface area contributed by atoms with Crippen molar-refractivity contribution in [2.45, 2.75) is 32.4 Å². The highest BCUT2D eigenvalue weighted by molar-refractivity contribution is 6.35. The van der Waals surface area contributed by atoms with Crippen LogP contribution >= 0.6 is 11.6 Å². The van der Waals surface area contributed by atoms with Crippen LogP contribution in [0.3, 0.4) is 0 Å². The van der Waals surface area contributed by atoms with Crippen LogP contribution in [0, 0.1) is 0 Å². The molecule has 4 aromatic rings. The molecular formula is C21H23ClN6O. The predicted octanol–water partition coefficient (Wildman–Crippen LogP) is 4.29. The molecule has 0 bridgehead atoms. The molecule has 1 aromatic carbocycles. The Kier molecular flexibility index (Phi) is 5.02. The minimum atomic E-state index is -0.878. The summed E-state index contributed by atoms with van der Waals surface area (Å²) in [6, 6.07) is 11.4. The van der Waals surface area contributed by atoms with Crippen LogP contribution in [0.5, 0.6) is 0 Å². The number of rotatable bonds is 6. The third kappa shape index (κ3) is 4.11. The molecule has 3 heterocycles. The first-order valence-corrected chi connectivity index (χ1v) is 9.80. The summed E-state index contributed by atoms with van der Waals surface area (Å²) in [4.78, 5) is 9.06. The Hall–Kier alpha value is -2.90. The van der Waals surface area contributed by atoms with Crippen LogP contribution in [0.15, 0.2) is 48.8 Å². The quantitative estimate of drug-likeness (QED) is 0.439. The Morgan fingerprint density at radius 1 is 1.21 bits per heavy atom. The second kappa shape index (κ2) is 7.50. The largest absolute Gasteiger partial charge is 0.389 e. The lowest BCUT2D eigenvalue weighted by molar-refractivity contribution is 0.0944. The molecule has 4 rings (SSSR count). The number of para-hydroxylation sites is 1. The topological polar surface area (TPSA) is 87.4 Å². The van der Waals surface area contributed by atoms with Gasteiger partial charge in [0.1, 0.15) is 11.6 Å². The monoisotopic (exact) mass is 410 g/mol. The van der Waals surface area contributed by atoms with Crippen molar-refractivity contribution >= 4 is 39.8 Å². The molecule has 3 N–H and O–H groups in total. The van der Waals surface area contributed by atoms with Gasteiger partial charge in [-0.05, 0) is 39.0 Å². The Labute approximate surface area is 173 Å². The molecule has 150 valence electrons. The fraction of sp³-hybridized carbons (Fsp3) is 0.286. The van der Waals surface area contributed by atoms with Gasteiger partial charge in [0.2, 0.25) is 0 Å². The van der Waals surface area contributed by atoms with Gasteiger partial charge in [-0.3, -0.25) is 0 Å². The van der Waals surface area contributed by atoms with Crippen molar-refractivity contribution in [2.24, 2.45) is 0 Å². The molecule has 3 aromatic heterocycles. The minimum Gasteiger partial charge on any atom is -0.389 e.